The van der Waals surface area contributed by atoms with E-state index in [-0.39, 0.29) is 11.0 Å². The summed E-state index contributed by atoms with van der Waals surface area (Å²) in [6.45, 7) is 4.15. The molecule has 0 unspecified atom stereocenters. The molecular formula is C19H26N2O3. The molecule has 1 saturated heterocycles. The summed E-state index contributed by atoms with van der Waals surface area (Å²) in [4.78, 5) is 22.8. The van der Waals surface area contributed by atoms with E-state index in [1.54, 1.807) is 0 Å². The molecule has 2 fully saturated rings. The van der Waals surface area contributed by atoms with E-state index in [1.165, 1.54) is 6.42 Å². The van der Waals surface area contributed by atoms with Gasteiger partial charge in [-0.3, -0.25) is 14.9 Å². The number of rotatable bonds is 4. The minimum atomic E-state index is -0.791. The summed E-state index contributed by atoms with van der Waals surface area (Å²) in [5, 5.41) is 15.9. The highest BCUT2D eigenvalue weighted by molar-refractivity contribution is 5.77. The van der Waals surface area contributed by atoms with Crippen LogP contribution in [0.2, 0.25) is 0 Å². The predicted octanol–water partition coefficient (Wildman–Crippen LogP) is 2.97. The Balaban J connectivity index is 2.11. The molecule has 24 heavy (non-hydrogen) atoms. The van der Waals surface area contributed by atoms with Crippen LogP contribution in [0.1, 0.15) is 56.6 Å². The van der Waals surface area contributed by atoms with Gasteiger partial charge in [0.05, 0.1) is 0 Å². The van der Waals surface area contributed by atoms with Gasteiger partial charge in [-0.25, -0.2) is 0 Å². The lowest BCUT2D eigenvalue weighted by molar-refractivity contribution is -0.139. The second-order valence-corrected chi connectivity index (χ2v) is 7.53. The van der Waals surface area contributed by atoms with E-state index in [9.17, 15) is 14.7 Å². The van der Waals surface area contributed by atoms with Crippen molar-refractivity contribution in [3.05, 3.63) is 29.3 Å². The van der Waals surface area contributed by atoms with Crippen LogP contribution in [0.15, 0.2) is 18.2 Å². The SMILES string of the molecule is Cc1ccc([C@]2(C)C[C@H](C(=O)O)NC23CCCCC3)c(NC=O)c1. The summed E-state index contributed by atoms with van der Waals surface area (Å²) in [5.41, 5.74) is 2.37. The number of aliphatic carboxylic acids is 1. The van der Waals surface area contributed by atoms with Gasteiger partial charge in [0.25, 0.3) is 0 Å². The van der Waals surface area contributed by atoms with E-state index in [0.717, 1.165) is 42.5 Å². The molecule has 0 radical (unpaired) electrons. The van der Waals surface area contributed by atoms with Gasteiger partial charge in [-0.1, -0.05) is 38.3 Å². The maximum atomic E-state index is 11.7. The molecule has 1 saturated carbocycles. The van der Waals surface area contributed by atoms with Gasteiger partial charge in [0, 0.05) is 16.6 Å². The molecule has 130 valence electrons. The van der Waals surface area contributed by atoms with Crippen molar-refractivity contribution in [2.45, 2.75) is 69.4 Å². The van der Waals surface area contributed by atoms with Crippen LogP contribution in [0.5, 0.6) is 0 Å². The molecule has 1 aliphatic carbocycles. The molecule has 1 aromatic carbocycles. The molecule has 5 heteroatoms. The second-order valence-electron chi connectivity index (χ2n) is 7.53. The summed E-state index contributed by atoms with van der Waals surface area (Å²) in [6.07, 6.45) is 6.60. The third-order valence-electron chi connectivity index (χ3n) is 6.11. The van der Waals surface area contributed by atoms with Crippen LogP contribution in [-0.4, -0.2) is 29.1 Å². The van der Waals surface area contributed by atoms with Crippen molar-refractivity contribution >= 4 is 18.1 Å². The largest absolute Gasteiger partial charge is 0.480 e. The fraction of sp³-hybridized carbons (Fsp3) is 0.579. The zero-order chi connectivity index (χ0) is 17.4. The van der Waals surface area contributed by atoms with Crippen molar-refractivity contribution < 1.29 is 14.7 Å². The Kier molecular flexibility index (Phi) is 4.38. The minimum absolute atomic E-state index is 0.219. The predicted molar refractivity (Wildman–Crippen MR) is 93.2 cm³/mol. The van der Waals surface area contributed by atoms with Gasteiger partial charge in [-0.15, -0.1) is 0 Å². The first-order chi connectivity index (χ1) is 11.4. The fourth-order valence-corrected chi connectivity index (χ4v) is 4.84. The normalized spacial score (nSPS) is 28.7. The standard InChI is InChI=1S/C19H26N2O3/c1-13-6-7-14(15(10-13)20-12-22)18(2)11-16(17(23)24)21-19(18)8-4-3-5-9-19/h6-7,10,12,16,21H,3-5,8-9,11H2,1-2H3,(H,20,22)(H,23,24)/t16-,18+/m1/s1. The first-order valence-corrected chi connectivity index (χ1v) is 8.74. The van der Waals surface area contributed by atoms with Crippen LogP contribution in [0.25, 0.3) is 0 Å². The van der Waals surface area contributed by atoms with Gasteiger partial charge < -0.3 is 10.4 Å². The topological polar surface area (TPSA) is 78.4 Å². The molecule has 2 aliphatic rings. The van der Waals surface area contributed by atoms with Gasteiger partial charge in [-0.2, -0.15) is 0 Å². The molecule has 1 aromatic rings. The van der Waals surface area contributed by atoms with Crippen LogP contribution in [0.3, 0.4) is 0 Å². The number of hydrogen-bond donors (Lipinski definition) is 3. The summed E-state index contributed by atoms with van der Waals surface area (Å²) < 4.78 is 0. The van der Waals surface area contributed by atoms with Crippen molar-refractivity contribution in [3.63, 3.8) is 0 Å². The van der Waals surface area contributed by atoms with Crippen molar-refractivity contribution in [3.8, 4) is 0 Å². The van der Waals surface area contributed by atoms with E-state index in [0.29, 0.717) is 12.8 Å². The third-order valence-corrected chi connectivity index (χ3v) is 6.11. The molecular weight excluding hydrogens is 304 g/mol. The maximum absolute atomic E-state index is 11.7. The molecule has 5 nitrogen and oxygen atoms in total. The molecule has 1 spiro atoms. The number of carboxylic acid groups (broad SMARTS) is 1. The Labute approximate surface area is 142 Å². The molecule has 0 bridgehead atoms. The Morgan fingerprint density at radius 3 is 2.67 bits per heavy atom. The smallest absolute Gasteiger partial charge is 0.320 e. The molecule has 1 amide bonds. The van der Waals surface area contributed by atoms with E-state index in [2.05, 4.69) is 23.6 Å². The molecule has 3 N–H and O–H groups in total. The van der Waals surface area contributed by atoms with Crippen LogP contribution < -0.4 is 10.6 Å². The maximum Gasteiger partial charge on any atom is 0.320 e. The highest BCUT2D eigenvalue weighted by Crippen LogP contribution is 2.53. The first-order valence-electron chi connectivity index (χ1n) is 8.74. The molecule has 0 aromatic heterocycles. The van der Waals surface area contributed by atoms with Crippen molar-refractivity contribution in [2.24, 2.45) is 0 Å². The number of amides is 1. The number of nitrogens with one attached hydrogen (secondary N) is 2. The molecule has 1 heterocycles. The minimum Gasteiger partial charge on any atom is -0.480 e. The average Bonchev–Trinajstić information content (AvgIpc) is 2.82. The Morgan fingerprint density at radius 1 is 1.33 bits per heavy atom. The van der Waals surface area contributed by atoms with Crippen molar-refractivity contribution in [1.29, 1.82) is 0 Å². The lowest BCUT2D eigenvalue weighted by Gasteiger charge is -2.47. The van der Waals surface area contributed by atoms with Crippen LogP contribution >= 0.6 is 0 Å². The number of carbonyl (C=O) groups is 2. The Morgan fingerprint density at radius 2 is 2.04 bits per heavy atom. The van der Waals surface area contributed by atoms with Crippen LogP contribution in [0.4, 0.5) is 5.69 Å². The van der Waals surface area contributed by atoms with Gasteiger partial charge in [0.1, 0.15) is 6.04 Å². The second kappa shape index (κ2) is 6.20. The van der Waals surface area contributed by atoms with E-state index in [4.69, 9.17) is 0 Å². The van der Waals surface area contributed by atoms with E-state index < -0.39 is 12.0 Å². The van der Waals surface area contributed by atoms with Crippen LogP contribution in [-0.2, 0) is 15.0 Å². The molecule has 3 rings (SSSR count). The first kappa shape index (κ1) is 17.0. The number of anilines is 1. The lowest BCUT2D eigenvalue weighted by atomic mass is 9.61. The lowest BCUT2D eigenvalue weighted by Crippen LogP contribution is -2.55. The summed E-state index contributed by atoms with van der Waals surface area (Å²) in [5.74, 6) is -0.791. The van der Waals surface area contributed by atoms with E-state index in [1.807, 2.05) is 19.1 Å². The number of carboxylic acids is 1. The molecule has 2 atom stereocenters. The van der Waals surface area contributed by atoms with Crippen molar-refractivity contribution in [2.75, 3.05) is 5.32 Å². The van der Waals surface area contributed by atoms with Crippen LogP contribution in [0, 0.1) is 6.92 Å². The van der Waals surface area contributed by atoms with E-state index >= 15 is 0 Å². The number of carbonyl (C=O) groups excluding carboxylic acids is 1. The molecule has 1 aliphatic heterocycles. The Bertz CT molecular complexity index is 652. The quantitative estimate of drug-likeness (QED) is 0.742. The Hall–Kier alpha value is -1.88. The number of benzene rings is 1. The average molecular weight is 330 g/mol. The van der Waals surface area contributed by atoms with Gasteiger partial charge in [0.2, 0.25) is 6.41 Å². The van der Waals surface area contributed by atoms with Crippen molar-refractivity contribution in [1.82, 2.24) is 5.32 Å². The summed E-state index contributed by atoms with van der Waals surface area (Å²) in [6, 6.07) is 5.53. The highest BCUT2D eigenvalue weighted by atomic mass is 16.4. The highest BCUT2D eigenvalue weighted by Gasteiger charge is 2.58. The number of hydrogen-bond acceptors (Lipinski definition) is 3. The fourth-order valence-electron chi connectivity index (χ4n) is 4.84. The number of aryl methyl sites for hydroxylation is 1. The van der Waals surface area contributed by atoms with Gasteiger partial charge in [-0.05, 0) is 43.4 Å². The van der Waals surface area contributed by atoms with Gasteiger partial charge in [0.15, 0.2) is 0 Å². The zero-order valence-corrected chi connectivity index (χ0v) is 14.4. The third kappa shape index (κ3) is 2.61. The zero-order valence-electron chi connectivity index (χ0n) is 14.4. The summed E-state index contributed by atoms with van der Waals surface area (Å²) >= 11 is 0. The van der Waals surface area contributed by atoms with Gasteiger partial charge >= 0.3 is 5.97 Å². The summed E-state index contributed by atoms with van der Waals surface area (Å²) in [7, 11) is 0. The monoisotopic (exact) mass is 330 g/mol.